The highest BCUT2D eigenvalue weighted by Crippen LogP contribution is 2.38. The van der Waals surface area contributed by atoms with Gasteiger partial charge < -0.3 is 25.2 Å². The SMILES string of the molecule is Oc1ccc(O)c(Oc2cc(O)ccc2O)c1. The van der Waals surface area contributed by atoms with Crippen molar-refractivity contribution in [3.8, 4) is 34.5 Å². The normalized spacial score (nSPS) is 10.1. The molecule has 0 aromatic heterocycles. The van der Waals surface area contributed by atoms with Crippen LogP contribution in [0.1, 0.15) is 0 Å². The number of aromatic hydroxyl groups is 4. The van der Waals surface area contributed by atoms with Crippen LogP contribution >= 0.6 is 0 Å². The van der Waals surface area contributed by atoms with Crippen LogP contribution in [0.3, 0.4) is 0 Å². The lowest BCUT2D eigenvalue weighted by Crippen LogP contribution is -1.85. The number of benzene rings is 2. The Labute approximate surface area is 96.8 Å². The van der Waals surface area contributed by atoms with Crippen LogP contribution < -0.4 is 4.74 Å². The summed E-state index contributed by atoms with van der Waals surface area (Å²) >= 11 is 0. The molecule has 5 heteroatoms. The zero-order valence-electron chi connectivity index (χ0n) is 8.66. The largest absolute Gasteiger partial charge is 0.508 e. The Morgan fingerprint density at radius 2 is 1.06 bits per heavy atom. The molecule has 0 fully saturated rings. The van der Waals surface area contributed by atoms with E-state index in [0.29, 0.717) is 0 Å². The lowest BCUT2D eigenvalue weighted by atomic mass is 10.3. The van der Waals surface area contributed by atoms with E-state index >= 15 is 0 Å². The minimum atomic E-state index is -0.189. The number of hydrogen-bond acceptors (Lipinski definition) is 5. The van der Waals surface area contributed by atoms with E-state index in [2.05, 4.69) is 0 Å². The molecule has 0 unspecified atom stereocenters. The van der Waals surface area contributed by atoms with Gasteiger partial charge >= 0.3 is 0 Å². The molecule has 0 saturated carbocycles. The Hall–Kier alpha value is -2.56. The van der Waals surface area contributed by atoms with Crippen LogP contribution in [0.15, 0.2) is 36.4 Å². The predicted molar refractivity (Wildman–Crippen MR) is 59.6 cm³/mol. The van der Waals surface area contributed by atoms with E-state index in [-0.39, 0.29) is 34.5 Å². The second-order valence-corrected chi connectivity index (χ2v) is 3.41. The van der Waals surface area contributed by atoms with Crippen molar-refractivity contribution in [2.24, 2.45) is 0 Å². The van der Waals surface area contributed by atoms with Crippen LogP contribution in [0.5, 0.6) is 34.5 Å². The Kier molecular flexibility index (Phi) is 2.66. The average Bonchev–Trinajstić information content (AvgIpc) is 2.28. The third-order valence-corrected chi connectivity index (χ3v) is 2.11. The van der Waals surface area contributed by atoms with Gasteiger partial charge in [-0.25, -0.2) is 0 Å². The quantitative estimate of drug-likeness (QED) is 0.598. The van der Waals surface area contributed by atoms with Gasteiger partial charge in [-0.05, 0) is 24.3 Å². The molecule has 17 heavy (non-hydrogen) atoms. The Balaban J connectivity index is 2.37. The van der Waals surface area contributed by atoms with Gasteiger partial charge in [-0.3, -0.25) is 0 Å². The summed E-state index contributed by atoms with van der Waals surface area (Å²) in [4.78, 5) is 0. The maximum atomic E-state index is 9.48. The van der Waals surface area contributed by atoms with Crippen molar-refractivity contribution in [1.82, 2.24) is 0 Å². The fraction of sp³-hybridized carbons (Fsp3) is 0. The second-order valence-electron chi connectivity index (χ2n) is 3.41. The van der Waals surface area contributed by atoms with Gasteiger partial charge in [0.25, 0.3) is 0 Å². The molecule has 0 spiro atoms. The molecular formula is C12H10O5. The van der Waals surface area contributed by atoms with Crippen LogP contribution in [0.25, 0.3) is 0 Å². The van der Waals surface area contributed by atoms with E-state index in [9.17, 15) is 20.4 Å². The first-order valence-corrected chi connectivity index (χ1v) is 4.78. The van der Waals surface area contributed by atoms with Crippen molar-refractivity contribution in [3.05, 3.63) is 36.4 Å². The summed E-state index contributed by atoms with van der Waals surface area (Å²) in [6.07, 6.45) is 0. The molecule has 0 radical (unpaired) electrons. The molecule has 0 bridgehead atoms. The lowest BCUT2D eigenvalue weighted by Gasteiger charge is -2.09. The van der Waals surface area contributed by atoms with Gasteiger partial charge in [-0.2, -0.15) is 0 Å². The number of rotatable bonds is 2. The highest BCUT2D eigenvalue weighted by atomic mass is 16.5. The molecule has 0 saturated heterocycles. The predicted octanol–water partition coefficient (Wildman–Crippen LogP) is 2.30. The minimum absolute atomic E-state index is 0.0223. The van der Waals surface area contributed by atoms with Crippen molar-refractivity contribution in [3.63, 3.8) is 0 Å². The van der Waals surface area contributed by atoms with Crippen molar-refractivity contribution in [1.29, 1.82) is 0 Å². The molecule has 2 rings (SSSR count). The summed E-state index contributed by atoms with van der Waals surface area (Å²) in [6, 6.07) is 7.49. The average molecular weight is 234 g/mol. The smallest absolute Gasteiger partial charge is 0.172 e. The Morgan fingerprint density at radius 1 is 0.647 bits per heavy atom. The fourth-order valence-electron chi connectivity index (χ4n) is 1.29. The summed E-state index contributed by atoms with van der Waals surface area (Å²) < 4.78 is 5.18. The molecule has 5 nitrogen and oxygen atoms in total. The molecule has 4 N–H and O–H groups in total. The second kappa shape index (κ2) is 4.13. The molecular weight excluding hydrogens is 224 g/mol. The zero-order valence-corrected chi connectivity index (χ0v) is 8.66. The van der Waals surface area contributed by atoms with Crippen molar-refractivity contribution < 1.29 is 25.2 Å². The lowest BCUT2D eigenvalue weighted by molar-refractivity contribution is 0.377. The van der Waals surface area contributed by atoms with Crippen LogP contribution in [-0.2, 0) is 0 Å². The summed E-state index contributed by atoms with van der Waals surface area (Å²) in [5, 5.41) is 37.4. The van der Waals surface area contributed by atoms with E-state index < -0.39 is 0 Å². The molecule has 2 aromatic carbocycles. The number of hydrogen-bond donors (Lipinski definition) is 4. The first-order valence-electron chi connectivity index (χ1n) is 4.78. The first-order chi connectivity index (χ1) is 8.06. The highest BCUT2D eigenvalue weighted by molar-refractivity contribution is 5.50. The monoisotopic (exact) mass is 234 g/mol. The van der Waals surface area contributed by atoms with Gasteiger partial charge in [0, 0.05) is 12.1 Å². The van der Waals surface area contributed by atoms with E-state index in [1.807, 2.05) is 0 Å². The number of phenols is 4. The van der Waals surface area contributed by atoms with Gasteiger partial charge in [0.15, 0.2) is 23.0 Å². The topological polar surface area (TPSA) is 90.2 Å². The van der Waals surface area contributed by atoms with Crippen molar-refractivity contribution in [2.75, 3.05) is 0 Å². The third kappa shape index (κ3) is 2.34. The summed E-state index contributed by atoms with van der Waals surface area (Å²) in [6.45, 7) is 0. The standard InChI is InChI=1S/C12H10O5/c13-7-1-3-9(15)11(5-7)17-12-6-8(14)2-4-10(12)16/h1-6,13-16H. The molecule has 0 aliphatic carbocycles. The molecule has 0 heterocycles. The third-order valence-electron chi connectivity index (χ3n) is 2.11. The van der Waals surface area contributed by atoms with Gasteiger partial charge in [0.2, 0.25) is 0 Å². The van der Waals surface area contributed by atoms with E-state index in [4.69, 9.17) is 4.74 Å². The van der Waals surface area contributed by atoms with Crippen LogP contribution in [0.2, 0.25) is 0 Å². The van der Waals surface area contributed by atoms with E-state index in [0.717, 1.165) is 0 Å². The minimum Gasteiger partial charge on any atom is -0.508 e. The molecule has 0 aliphatic heterocycles. The van der Waals surface area contributed by atoms with Gasteiger partial charge in [-0.1, -0.05) is 0 Å². The summed E-state index contributed by atoms with van der Waals surface area (Å²) in [5.41, 5.74) is 0. The zero-order chi connectivity index (χ0) is 12.4. The Bertz CT molecular complexity index is 501. The van der Waals surface area contributed by atoms with Gasteiger partial charge in [0.05, 0.1) is 0 Å². The van der Waals surface area contributed by atoms with E-state index in [1.54, 1.807) is 0 Å². The van der Waals surface area contributed by atoms with Crippen LogP contribution in [0, 0.1) is 0 Å². The van der Waals surface area contributed by atoms with Gasteiger partial charge in [-0.15, -0.1) is 0 Å². The molecule has 88 valence electrons. The number of phenolic OH excluding ortho intramolecular Hbond substituents is 4. The molecule has 0 amide bonds. The maximum absolute atomic E-state index is 9.48. The first kappa shape index (κ1) is 10.9. The highest BCUT2D eigenvalue weighted by Gasteiger charge is 2.09. The molecule has 0 atom stereocenters. The van der Waals surface area contributed by atoms with Crippen molar-refractivity contribution >= 4 is 0 Å². The Morgan fingerprint density at radius 3 is 1.47 bits per heavy atom. The van der Waals surface area contributed by atoms with E-state index in [1.165, 1.54) is 36.4 Å². The number of ether oxygens (including phenoxy) is 1. The molecule has 2 aromatic rings. The molecule has 0 aliphatic rings. The summed E-state index contributed by atoms with van der Waals surface area (Å²) in [5.74, 6) is -0.595. The van der Waals surface area contributed by atoms with Crippen LogP contribution in [0.4, 0.5) is 0 Å². The van der Waals surface area contributed by atoms with Crippen molar-refractivity contribution in [2.45, 2.75) is 0 Å². The van der Waals surface area contributed by atoms with Gasteiger partial charge in [0.1, 0.15) is 11.5 Å². The fourth-order valence-corrected chi connectivity index (χ4v) is 1.29. The van der Waals surface area contributed by atoms with Crippen LogP contribution in [-0.4, -0.2) is 20.4 Å². The maximum Gasteiger partial charge on any atom is 0.172 e. The summed E-state index contributed by atoms with van der Waals surface area (Å²) in [7, 11) is 0.